The van der Waals surface area contributed by atoms with Crippen LogP contribution in [-0.4, -0.2) is 35.7 Å². The van der Waals surface area contributed by atoms with Crippen LogP contribution < -0.4 is 10.6 Å². The number of hydrogen-bond acceptors (Lipinski definition) is 4. The van der Waals surface area contributed by atoms with Crippen molar-refractivity contribution in [2.24, 2.45) is 0 Å². The lowest BCUT2D eigenvalue weighted by Crippen LogP contribution is -2.34. The number of fused-ring (bicyclic) bond motifs is 3. The predicted molar refractivity (Wildman–Crippen MR) is 129 cm³/mol. The van der Waals surface area contributed by atoms with E-state index in [2.05, 4.69) is 22.8 Å². The molecule has 7 nitrogen and oxygen atoms in total. The Morgan fingerprint density at radius 1 is 1.00 bits per heavy atom. The Balaban J connectivity index is 1.26. The number of aromatic carboxylic acids is 1. The van der Waals surface area contributed by atoms with Crippen molar-refractivity contribution < 1.29 is 28.6 Å². The van der Waals surface area contributed by atoms with E-state index < -0.39 is 23.4 Å². The molecule has 3 aromatic rings. The van der Waals surface area contributed by atoms with Crippen LogP contribution in [-0.2, 0) is 9.53 Å². The minimum absolute atomic E-state index is 0.0411. The maximum absolute atomic E-state index is 13.5. The second-order valence-corrected chi connectivity index (χ2v) is 8.46. The van der Waals surface area contributed by atoms with Gasteiger partial charge in [-0.25, -0.2) is 14.0 Å². The molecule has 35 heavy (non-hydrogen) atoms. The van der Waals surface area contributed by atoms with Gasteiger partial charge < -0.3 is 20.5 Å². The van der Waals surface area contributed by atoms with Crippen molar-refractivity contribution >= 4 is 23.7 Å². The van der Waals surface area contributed by atoms with Crippen LogP contribution in [0.15, 0.2) is 66.7 Å². The van der Waals surface area contributed by atoms with Gasteiger partial charge in [0.2, 0.25) is 5.91 Å². The van der Waals surface area contributed by atoms with Crippen molar-refractivity contribution in [2.45, 2.75) is 31.7 Å². The molecule has 1 unspecified atom stereocenters. The second-order valence-electron chi connectivity index (χ2n) is 8.46. The Kier molecular flexibility index (Phi) is 7.10. The van der Waals surface area contributed by atoms with Gasteiger partial charge >= 0.3 is 12.1 Å². The third-order valence-corrected chi connectivity index (χ3v) is 5.99. The van der Waals surface area contributed by atoms with Gasteiger partial charge in [-0.15, -0.1) is 0 Å². The molecule has 0 fully saturated rings. The SMILES string of the molecule is CC(CCC(=O)Nc1ccc(F)c(C(=O)O)c1)NC(=O)OCC1c2ccccc2-c2ccccc21. The standard InChI is InChI=1S/C27H25FN2O5/c1-16(10-13-25(31)30-17-11-12-24(28)22(14-17)26(32)33)29-27(34)35-15-23-20-8-4-2-6-18(20)19-7-3-5-9-21(19)23/h2-9,11-12,14,16,23H,10,13,15H2,1H3,(H,29,34)(H,30,31)(H,32,33). The van der Waals surface area contributed by atoms with Gasteiger partial charge in [0.25, 0.3) is 0 Å². The average Bonchev–Trinajstić information content (AvgIpc) is 3.16. The van der Waals surface area contributed by atoms with E-state index >= 15 is 0 Å². The van der Waals surface area contributed by atoms with Crippen molar-refractivity contribution in [3.8, 4) is 11.1 Å². The lowest BCUT2D eigenvalue weighted by molar-refractivity contribution is -0.116. The van der Waals surface area contributed by atoms with Crippen molar-refractivity contribution in [3.05, 3.63) is 89.2 Å². The normalized spacial score (nSPS) is 12.9. The van der Waals surface area contributed by atoms with Crippen molar-refractivity contribution in [1.29, 1.82) is 0 Å². The largest absolute Gasteiger partial charge is 0.478 e. The molecule has 0 radical (unpaired) electrons. The Morgan fingerprint density at radius 2 is 1.63 bits per heavy atom. The van der Waals surface area contributed by atoms with E-state index in [0.717, 1.165) is 34.4 Å². The number of hydrogen-bond donors (Lipinski definition) is 3. The van der Waals surface area contributed by atoms with E-state index in [0.29, 0.717) is 6.42 Å². The monoisotopic (exact) mass is 476 g/mol. The van der Waals surface area contributed by atoms with Crippen molar-refractivity contribution in [1.82, 2.24) is 5.32 Å². The molecule has 0 aromatic heterocycles. The number of halogens is 1. The Hall–Kier alpha value is -4.20. The average molecular weight is 477 g/mol. The Bertz CT molecular complexity index is 1230. The summed E-state index contributed by atoms with van der Waals surface area (Å²) in [4.78, 5) is 35.6. The van der Waals surface area contributed by atoms with Crippen LogP contribution in [0, 0.1) is 5.82 Å². The highest BCUT2D eigenvalue weighted by molar-refractivity contribution is 5.94. The van der Waals surface area contributed by atoms with Crippen LogP contribution in [0.1, 0.15) is 47.2 Å². The molecule has 1 aliphatic carbocycles. The first kappa shape index (κ1) is 23.9. The van der Waals surface area contributed by atoms with Gasteiger partial charge in [-0.05, 0) is 53.8 Å². The number of benzene rings is 3. The van der Waals surface area contributed by atoms with E-state index in [1.54, 1.807) is 6.92 Å². The van der Waals surface area contributed by atoms with Crippen molar-refractivity contribution in [3.63, 3.8) is 0 Å². The number of ether oxygens (including phenoxy) is 1. The molecule has 8 heteroatoms. The summed E-state index contributed by atoms with van der Waals surface area (Å²) in [6.07, 6.45) is -0.155. The number of carbonyl (C=O) groups is 3. The summed E-state index contributed by atoms with van der Waals surface area (Å²) >= 11 is 0. The molecule has 2 amide bonds. The maximum atomic E-state index is 13.5. The van der Waals surface area contributed by atoms with E-state index in [9.17, 15) is 18.8 Å². The summed E-state index contributed by atoms with van der Waals surface area (Å²) in [5.74, 6) is -2.72. The number of carboxylic acids is 1. The quantitative estimate of drug-likeness (QED) is 0.416. The third-order valence-electron chi connectivity index (χ3n) is 5.99. The molecule has 1 atom stereocenters. The number of rotatable bonds is 8. The molecule has 0 spiro atoms. The summed E-state index contributed by atoms with van der Waals surface area (Å²) < 4.78 is 19.0. The number of amides is 2. The van der Waals surface area contributed by atoms with Gasteiger partial charge in [0.1, 0.15) is 12.4 Å². The highest BCUT2D eigenvalue weighted by atomic mass is 19.1. The van der Waals surface area contributed by atoms with Crippen LogP contribution in [0.2, 0.25) is 0 Å². The highest BCUT2D eigenvalue weighted by Gasteiger charge is 2.29. The van der Waals surface area contributed by atoms with E-state index in [1.807, 2.05) is 36.4 Å². The molecule has 0 heterocycles. The second kappa shape index (κ2) is 10.4. The lowest BCUT2D eigenvalue weighted by atomic mass is 9.98. The summed E-state index contributed by atoms with van der Waals surface area (Å²) in [5, 5.41) is 14.3. The van der Waals surface area contributed by atoms with Gasteiger partial charge in [-0.2, -0.15) is 0 Å². The minimum atomic E-state index is -1.42. The number of carboxylic acid groups (broad SMARTS) is 1. The highest BCUT2D eigenvalue weighted by Crippen LogP contribution is 2.44. The molecule has 180 valence electrons. The zero-order valence-electron chi connectivity index (χ0n) is 19.1. The van der Waals surface area contributed by atoms with E-state index in [4.69, 9.17) is 9.84 Å². The number of anilines is 1. The molecular formula is C27H25FN2O5. The topological polar surface area (TPSA) is 105 Å². The molecule has 4 rings (SSSR count). The Morgan fingerprint density at radius 3 is 2.26 bits per heavy atom. The fourth-order valence-corrected chi connectivity index (χ4v) is 4.25. The fourth-order valence-electron chi connectivity index (χ4n) is 4.25. The van der Waals surface area contributed by atoms with Gasteiger partial charge in [-0.3, -0.25) is 4.79 Å². The number of nitrogens with one attached hydrogen (secondary N) is 2. The van der Waals surface area contributed by atoms with Crippen LogP contribution in [0.25, 0.3) is 11.1 Å². The molecule has 0 saturated heterocycles. The summed E-state index contributed by atoms with van der Waals surface area (Å²) in [5.41, 5.74) is 4.21. The maximum Gasteiger partial charge on any atom is 0.407 e. The first-order valence-electron chi connectivity index (χ1n) is 11.3. The molecule has 0 aliphatic heterocycles. The van der Waals surface area contributed by atoms with Gasteiger partial charge in [0, 0.05) is 24.1 Å². The lowest BCUT2D eigenvalue weighted by Gasteiger charge is -2.17. The number of alkyl carbamates (subject to hydrolysis) is 1. The Labute approximate surface area is 201 Å². The number of carbonyl (C=O) groups excluding carboxylic acids is 2. The summed E-state index contributed by atoms with van der Waals surface area (Å²) in [6.45, 7) is 1.96. The molecule has 0 saturated carbocycles. The van der Waals surface area contributed by atoms with Crippen LogP contribution in [0.3, 0.4) is 0 Å². The zero-order chi connectivity index (χ0) is 24.9. The van der Waals surface area contributed by atoms with E-state index in [1.165, 1.54) is 6.07 Å². The predicted octanol–water partition coefficient (Wildman–Crippen LogP) is 5.17. The molecule has 3 aromatic carbocycles. The fraction of sp³-hybridized carbons (Fsp3) is 0.222. The van der Waals surface area contributed by atoms with E-state index in [-0.39, 0.29) is 36.6 Å². The van der Waals surface area contributed by atoms with Crippen LogP contribution in [0.4, 0.5) is 14.9 Å². The first-order valence-corrected chi connectivity index (χ1v) is 11.3. The summed E-state index contributed by atoms with van der Waals surface area (Å²) in [6, 6.07) is 19.1. The van der Waals surface area contributed by atoms with Gasteiger partial charge in [0.05, 0.1) is 5.56 Å². The molecule has 3 N–H and O–H groups in total. The smallest absolute Gasteiger partial charge is 0.407 e. The van der Waals surface area contributed by atoms with Crippen molar-refractivity contribution in [2.75, 3.05) is 11.9 Å². The molecule has 0 bridgehead atoms. The van der Waals surface area contributed by atoms with Gasteiger partial charge in [0.15, 0.2) is 0 Å². The van der Waals surface area contributed by atoms with Crippen LogP contribution >= 0.6 is 0 Å². The zero-order valence-corrected chi connectivity index (χ0v) is 19.1. The summed E-state index contributed by atoms with van der Waals surface area (Å²) in [7, 11) is 0. The first-order chi connectivity index (χ1) is 16.8. The molecule has 1 aliphatic rings. The third kappa shape index (κ3) is 5.48. The molecular weight excluding hydrogens is 451 g/mol. The van der Waals surface area contributed by atoms with Crippen LogP contribution in [0.5, 0.6) is 0 Å². The van der Waals surface area contributed by atoms with Gasteiger partial charge in [-0.1, -0.05) is 48.5 Å². The minimum Gasteiger partial charge on any atom is -0.478 e.